The Morgan fingerprint density at radius 1 is 1.33 bits per heavy atom. The van der Waals surface area contributed by atoms with Gasteiger partial charge in [0, 0.05) is 13.5 Å². The predicted molar refractivity (Wildman–Crippen MR) is 61.9 cm³/mol. The van der Waals surface area contributed by atoms with Crippen molar-refractivity contribution in [2.24, 2.45) is 5.92 Å². The van der Waals surface area contributed by atoms with Crippen molar-refractivity contribution >= 4 is 5.78 Å². The van der Waals surface area contributed by atoms with Crippen LogP contribution in [0, 0.1) is 5.92 Å². The summed E-state index contributed by atoms with van der Waals surface area (Å²) in [7, 11) is 1.68. The molecule has 1 aliphatic rings. The van der Waals surface area contributed by atoms with Gasteiger partial charge in [0.2, 0.25) is 0 Å². The standard InChI is InChI=1S/C13H24O2/c1-3-4-5-10-12(14)13(15-2)11-8-6-7-9-11/h11,13H,3-10H2,1-2H3. The maximum Gasteiger partial charge on any atom is 0.161 e. The summed E-state index contributed by atoms with van der Waals surface area (Å²) in [6.07, 6.45) is 8.87. The second-order valence-electron chi connectivity index (χ2n) is 4.62. The highest BCUT2D eigenvalue weighted by atomic mass is 16.5. The Kier molecular flexibility index (Phi) is 5.92. The van der Waals surface area contributed by atoms with Crippen LogP contribution in [0.1, 0.15) is 58.3 Å². The summed E-state index contributed by atoms with van der Waals surface area (Å²) >= 11 is 0. The number of carbonyl (C=O) groups excluding carboxylic acids is 1. The lowest BCUT2D eigenvalue weighted by Crippen LogP contribution is -2.30. The number of rotatable bonds is 7. The summed E-state index contributed by atoms with van der Waals surface area (Å²) in [5.41, 5.74) is 0. The Labute approximate surface area is 93.4 Å². The lowest BCUT2D eigenvalue weighted by atomic mass is 9.94. The van der Waals surface area contributed by atoms with E-state index in [-0.39, 0.29) is 6.10 Å². The molecule has 1 unspecified atom stereocenters. The minimum atomic E-state index is -0.107. The average molecular weight is 212 g/mol. The summed E-state index contributed by atoms with van der Waals surface area (Å²) in [6.45, 7) is 2.16. The van der Waals surface area contributed by atoms with E-state index in [0.29, 0.717) is 18.1 Å². The summed E-state index contributed by atoms with van der Waals surface area (Å²) < 4.78 is 5.38. The van der Waals surface area contributed by atoms with Crippen LogP contribution in [-0.4, -0.2) is 19.0 Å². The molecule has 1 rings (SSSR count). The van der Waals surface area contributed by atoms with Crippen molar-refractivity contribution in [1.82, 2.24) is 0 Å². The predicted octanol–water partition coefficient (Wildman–Crippen LogP) is 3.34. The number of carbonyl (C=O) groups is 1. The first-order valence-electron chi connectivity index (χ1n) is 6.35. The molecule has 1 atom stereocenters. The molecular weight excluding hydrogens is 188 g/mol. The van der Waals surface area contributed by atoms with E-state index in [9.17, 15) is 4.79 Å². The molecule has 0 aliphatic heterocycles. The summed E-state index contributed by atoms with van der Waals surface area (Å²) in [4.78, 5) is 11.9. The average Bonchev–Trinajstić information content (AvgIpc) is 2.73. The zero-order chi connectivity index (χ0) is 11.1. The number of Topliss-reactive ketones (excluding diaryl/α,β-unsaturated/α-hetero) is 1. The molecular formula is C13H24O2. The molecule has 0 aromatic carbocycles. The first-order valence-corrected chi connectivity index (χ1v) is 6.35. The Bertz CT molecular complexity index is 183. The van der Waals surface area contributed by atoms with E-state index in [2.05, 4.69) is 6.92 Å². The van der Waals surface area contributed by atoms with E-state index in [1.807, 2.05) is 0 Å². The monoisotopic (exact) mass is 212 g/mol. The number of methoxy groups -OCH3 is 1. The van der Waals surface area contributed by atoms with Crippen LogP contribution in [0.5, 0.6) is 0 Å². The number of hydrogen-bond donors (Lipinski definition) is 0. The van der Waals surface area contributed by atoms with Crippen molar-refractivity contribution in [3.63, 3.8) is 0 Å². The molecule has 0 saturated heterocycles. The first-order chi connectivity index (χ1) is 7.29. The van der Waals surface area contributed by atoms with E-state index in [1.54, 1.807) is 7.11 Å². The molecule has 0 bridgehead atoms. The minimum absolute atomic E-state index is 0.107. The fourth-order valence-electron chi connectivity index (χ4n) is 2.54. The van der Waals surface area contributed by atoms with Crippen molar-refractivity contribution in [1.29, 1.82) is 0 Å². The Hall–Kier alpha value is -0.370. The fraction of sp³-hybridized carbons (Fsp3) is 0.923. The normalized spacial score (nSPS) is 19.3. The van der Waals surface area contributed by atoms with Crippen LogP contribution in [0.25, 0.3) is 0 Å². The van der Waals surface area contributed by atoms with Gasteiger partial charge in [-0.1, -0.05) is 32.6 Å². The molecule has 0 spiro atoms. The van der Waals surface area contributed by atoms with Gasteiger partial charge in [-0.25, -0.2) is 0 Å². The van der Waals surface area contributed by atoms with Gasteiger partial charge < -0.3 is 4.74 Å². The van der Waals surface area contributed by atoms with Gasteiger partial charge in [-0.15, -0.1) is 0 Å². The van der Waals surface area contributed by atoms with E-state index in [1.165, 1.54) is 32.1 Å². The third kappa shape index (κ3) is 3.94. The fourth-order valence-corrected chi connectivity index (χ4v) is 2.54. The lowest BCUT2D eigenvalue weighted by molar-refractivity contribution is -0.132. The Morgan fingerprint density at radius 2 is 2.00 bits per heavy atom. The lowest BCUT2D eigenvalue weighted by Gasteiger charge is -2.20. The van der Waals surface area contributed by atoms with Gasteiger partial charge in [-0.05, 0) is 25.2 Å². The van der Waals surface area contributed by atoms with Crippen molar-refractivity contribution in [3.05, 3.63) is 0 Å². The summed E-state index contributed by atoms with van der Waals surface area (Å²) in [5.74, 6) is 0.835. The van der Waals surface area contributed by atoms with E-state index in [4.69, 9.17) is 4.74 Å². The molecule has 1 aliphatic carbocycles. The van der Waals surface area contributed by atoms with E-state index < -0.39 is 0 Å². The van der Waals surface area contributed by atoms with Gasteiger partial charge in [0.25, 0.3) is 0 Å². The highest BCUT2D eigenvalue weighted by Crippen LogP contribution is 2.30. The SMILES string of the molecule is CCCCCC(=O)C(OC)C1CCCC1. The third-order valence-electron chi connectivity index (χ3n) is 3.43. The van der Waals surface area contributed by atoms with Gasteiger partial charge in [0.1, 0.15) is 6.10 Å². The van der Waals surface area contributed by atoms with Crippen molar-refractivity contribution in [2.75, 3.05) is 7.11 Å². The van der Waals surface area contributed by atoms with Crippen LogP contribution in [0.3, 0.4) is 0 Å². The number of ketones is 1. The molecule has 15 heavy (non-hydrogen) atoms. The smallest absolute Gasteiger partial charge is 0.161 e. The molecule has 0 amide bonds. The van der Waals surface area contributed by atoms with Crippen molar-refractivity contribution < 1.29 is 9.53 Å². The minimum Gasteiger partial charge on any atom is -0.373 e. The number of hydrogen-bond acceptors (Lipinski definition) is 2. The highest BCUT2D eigenvalue weighted by Gasteiger charge is 2.29. The molecule has 0 heterocycles. The molecule has 1 saturated carbocycles. The quantitative estimate of drug-likeness (QED) is 0.605. The zero-order valence-electron chi connectivity index (χ0n) is 10.1. The van der Waals surface area contributed by atoms with Crippen LogP contribution in [0.2, 0.25) is 0 Å². The Morgan fingerprint density at radius 3 is 2.53 bits per heavy atom. The van der Waals surface area contributed by atoms with E-state index in [0.717, 1.165) is 12.8 Å². The largest absolute Gasteiger partial charge is 0.373 e. The molecule has 0 aromatic rings. The van der Waals surface area contributed by atoms with Gasteiger partial charge in [-0.3, -0.25) is 4.79 Å². The van der Waals surface area contributed by atoms with Crippen molar-refractivity contribution in [2.45, 2.75) is 64.4 Å². The highest BCUT2D eigenvalue weighted by molar-refractivity contribution is 5.83. The second-order valence-corrected chi connectivity index (χ2v) is 4.62. The first kappa shape index (κ1) is 12.7. The molecule has 0 radical (unpaired) electrons. The topological polar surface area (TPSA) is 26.3 Å². The third-order valence-corrected chi connectivity index (χ3v) is 3.43. The molecule has 2 heteroatoms. The van der Waals surface area contributed by atoms with Gasteiger partial charge in [0.05, 0.1) is 0 Å². The van der Waals surface area contributed by atoms with Crippen LogP contribution < -0.4 is 0 Å². The number of unbranched alkanes of at least 4 members (excludes halogenated alkanes) is 2. The maximum absolute atomic E-state index is 11.9. The summed E-state index contributed by atoms with van der Waals surface area (Å²) in [5, 5.41) is 0. The van der Waals surface area contributed by atoms with Crippen LogP contribution >= 0.6 is 0 Å². The molecule has 1 fully saturated rings. The summed E-state index contributed by atoms with van der Waals surface area (Å²) in [6, 6.07) is 0. The van der Waals surface area contributed by atoms with Crippen LogP contribution in [-0.2, 0) is 9.53 Å². The Balaban J connectivity index is 2.32. The van der Waals surface area contributed by atoms with Gasteiger partial charge >= 0.3 is 0 Å². The molecule has 0 N–H and O–H groups in total. The van der Waals surface area contributed by atoms with Gasteiger partial charge in [0.15, 0.2) is 5.78 Å². The molecule has 2 nitrogen and oxygen atoms in total. The molecule has 88 valence electrons. The van der Waals surface area contributed by atoms with Gasteiger partial charge in [-0.2, -0.15) is 0 Å². The maximum atomic E-state index is 11.9. The number of ether oxygens (including phenoxy) is 1. The van der Waals surface area contributed by atoms with E-state index >= 15 is 0 Å². The zero-order valence-corrected chi connectivity index (χ0v) is 10.1. The van der Waals surface area contributed by atoms with Crippen LogP contribution in [0.15, 0.2) is 0 Å². The van der Waals surface area contributed by atoms with Crippen LogP contribution in [0.4, 0.5) is 0 Å². The second kappa shape index (κ2) is 7.00. The van der Waals surface area contributed by atoms with Crippen molar-refractivity contribution in [3.8, 4) is 0 Å². The molecule has 0 aromatic heterocycles.